The summed E-state index contributed by atoms with van der Waals surface area (Å²) in [7, 11) is 0. The van der Waals surface area contributed by atoms with Gasteiger partial charge in [-0.1, -0.05) is 35.9 Å². The first kappa shape index (κ1) is 25.5. The Balaban J connectivity index is 1.58. The second-order valence-electron chi connectivity index (χ2n) is 7.51. The van der Waals surface area contributed by atoms with E-state index in [2.05, 4.69) is 32.9 Å². The molecule has 1 heterocycles. The van der Waals surface area contributed by atoms with Gasteiger partial charge in [-0.3, -0.25) is 4.79 Å². The number of hydrogen-bond acceptors (Lipinski definition) is 5. The van der Waals surface area contributed by atoms with Crippen LogP contribution in [0.3, 0.4) is 0 Å². The number of carbonyl (C=O) groups excluding carboxylic acids is 1. The van der Waals surface area contributed by atoms with Gasteiger partial charge in [0.25, 0.3) is 5.91 Å². The van der Waals surface area contributed by atoms with Gasteiger partial charge in [-0.15, -0.1) is 0 Å². The number of carbonyl (C=O) groups is 1. The summed E-state index contributed by atoms with van der Waals surface area (Å²) in [5, 5.41) is 3.90. The molecule has 0 saturated carbocycles. The van der Waals surface area contributed by atoms with Crippen LogP contribution in [0.1, 0.15) is 23.6 Å². The Bertz CT molecular complexity index is 1350. The van der Waals surface area contributed by atoms with Gasteiger partial charge in [-0.05, 0) is 95.7 Å². The highest BCUT2D eigenvalue weighted by Gasteiger charge is 2.24. The predicted molar refractivity (Wildman–Crippen MR) is 148 cm³/mol. The number of halogens is 3. The van der Waals surface area contributed by atoms with Crippen molar-refractivity contribution in [1.29, 1.82) is 0 Å². The van der Waals surface area contributed by atoms with Gasteiger partial charge in [0.1, 0.15) is 12.4 Å². The molecule has 3 aromatic rings. The molecular weight excluding hydrogens is 602 g/mol. The molecule has 1 aliphatic rings. The smallest absolute Gasteiger partial charge is 0.264 e. The summed E-state index contributed by atoms with van der Waals surface area (Å²) < 4.78 is 26.5. The van der Waals surface area contributed by atoms with Crippen molar-refractivity contribution in [2.24, 2.45) is 4.99 Å². The van der Waals surface area contributed by atoms with Crippen molar-refractivity contribution < 1.29 is 18.7 Å². The third kappa shape index (κ3) is 6.17. The van der Waals surface area contributed by atoms with Crippen molar-refractivity contribution in [1.82, 2.24) is 5.32 Å². The molecule has 0 bridgehead atoms. The van der Waals surface area contributed by atoms with Crippen molar-refractivity contribution in [2.45, 2.75) is 20.5 Å². The molecule has 1 saturated heterocycles. The molecular formula is C26H21ClFIN2O3S. The Hall–Kier alpha value is -2.56. The number of benzene rings is 3. The molecule has 1 aliphatic heterocycles. The van der Waals surface area contributed by atoms with Crippen molar-refractivity contribution in [3.63, 3.8) is 0 Å². The fraction of sp³-hybridized carbons (Fsp3) is 0.154. The van der Waals surface area contributed by atoms with Crippen LogP contribution in [0.4, 0.5) is 10.1 Å². The van der Waals surface area contributed by atoms with Crippen LogP contribution in [-0.2, 0) is 11.4 Å². The molecule has 0 radical (unpaired) electrons. The van der Waals surface area contributed by atoms with Crippen LogP contribution in [0, 0.1) is 16.3 Å². The minimum absolute atomic E-state index is 0.0736. The predicted octanol–water partition coefficient (Wildman–Crippen LogP) is 7.26. The van der Waals surface area contributed by atoms with Crippen LogP contribution in [0.25, 0.3) is 6.08 Å². The molecule has 3 aromatic carbocycles. The van der Waals surface area contributed by atoms with Gasteiger partial charge in [-0.2, -0.15) is 0 Å². The van der Waals surface area contributed by atoms with E-state index >= 15 is 0 Å². The lowest BCUT2D eigenvalue weighted by Crippen LogP contribution is -2.19. The zero-order chi connectivity index (χ0) is 24.9. The van der Waals surface area contributed by atoms with Crippen LogP contribution < -0.4 is 14.8 Å². The fourth-order valence-corrected chi connectivity index (χ4v) is 5.08. The van der Waals surface area contributed by atoms with E-state index < -0.39 is 0 Å². The molecule has 9 heteroatoms. The SMILES string of the molecule is CCOc1cc(/C=C2/SC(=Nc3cccc(Cl)c3C)NC2=O)cc(I)c1OCc1ccccc1F. The third-order valence-corrected chi connectivity index (χ3v) is 7.19. The number of nitrogens with zero attached hydrogens (tertiary/aromatic N) is 1. The van der Waals surface area contributed by atoms with Gasteiger partial charge in [-0.25, -0.2) is 9.38 Å². The zero-order valence-electron chi connectivity index (χ0n) is 18.9. The van der Waals surface area contributed by atoms with Crippen molar-refractivity contribution in [2.75, 3.05) is 6.61 Å². The zero-order valence-corrected chi connectivity index (χ0v) is 22.6. The molecule has 4 rings (SSSR count). The van der Waals surface area contributed by atoms with E-state index in [4.69, 9.17) is 21.1 Å². The minimum Gasteiger partial charge on any atom is -0.490 e. The average Bonchev–Trinajstić information content (AvgIpc) is 3.16. The fourth-order valence-electron chi connectivity index (χ4n) is 3.30. The first-order valence-electron chi connectivity index (χ1n) is 10.7. The van der Waals surface area contributed by atoms with E-state index in [1.54, 1.807) is 36.4 Å². The van der Waals surface area contributed by atoms with Crippen LogP contribution in [0.5, 0.6) is 11.5 Å². The third-order valence-electron chi connectivity index (χ3n) is 5.07. The van der Waals surface area contributed by atoms with E-state index in [9.17, 15) is 9.18 Å². The van der Waals surface area contributed by atoms with Crippen molar-refractivity contribution in [3.8, 4) is 11.5 Å². The maximum absolute atomic E-state index is 14.0. The van der Waals surface area contributed by atoms with Crippen LogP contribution in [-0.4, -0.2) is 17.7 Å². The van der Waals surface area contributed by atoms with Gasteiger partial charge in [0, 0.05) is 10.6 Å². The summed E-state index contributed by atoms with van der Waals surface area (Å²) in [6, 6.07) is 15.6. The quantitative estimate of drug-likeness (QED) is 0.223. The second-order valence-corrected chi connectivity index (χ2v) is 10.1. The number of amidine groups is 1. The van der Waals surface area contributed by atoms with Crippen LogP contribution in [0.2, 0.25) is 5.02 Å². The molecule has 1 N–H and O–H groups in total. The molecule has 0 unspecified atom stereocenters. The normalized spacial score (nSPS) is 15.5. The largest absolute Gasteiger partial charge is 0.490 e. The molecule has 0 spiro atoms. The molecule has 35 heavy (non-hydrogen) atoms. The molecule has 0 aliphatic carbocycles. The monoisotopic (exact) mass is 622 g/mol. The van der Waals surface area contributed by atoms with Gasteiger partial charge >= 0.3 is 0 Å². The van der Waals surface area contributed by atoms with Gasteiger partial charge in [0.2, 0.25) is 0 Å². The van der Waals surface area contributed by atoms with Crippen molar-refractivity contribution >= 4 is 68.8 Å². The number of aliphatic imine (C=N–C) groups is 1. The summed E-state index contributed by atoms with van der Waals surface area (Å²) >= 11 is 9.58. The lowest BCUT2D eigenvalue weighted by atomic mass is 10.1. The maximum Gasteiger partial charge on any atom is 0.264 e. The first-order chi connectivity index (χ1) is 16.9. The second kappa shape index (κ2) is 11.5. The highest BCUT2D eigenvalue weighted by Crippen LogP contribution is 2.37. The van der Waals surface area contributed by atoms with E-state index in [0.29, 0.717) is 44.5 Å². The number of ether oxygens (including phenoxy) is 2. The van der Waals surface area contributed by atoms with Crippen molar-refractivity contribution in [3.05, 3.63) is 90.6 Å². The molecule has 180 valence electrons. The van der Waals surface area contributed by atoms with Crippen LogP contribution in [0.15, 0.2) is 64.5 Å². The van der Waals surface area contributed by atoms with Gasteiger partial charge in [0.05, 0.1) is 20.8 Å². The standard InChI is InChI=1S/C26H21ClFIN2O3S/c1-3-33-22-12-16(11-20(29)24(22)34-14-17-7-4-5-9-19(17)28)13-23-25(32)31-26(35-23)30-21-10-6-8-18(27)15(21)2/h4-13H,3,14H2,1-2H3,(H,30,31,32)/b23-13+. The average molecular weight is 623 g/mol. The lowest BCUT2D eigenvalue weighted by Gasteiger charge is -2.15. The minimum atomic E-state index is -0.323. The van der Waals surface area contributed by atoms with Gasteiger partial charge < -0.3 is 14.8 Å². The van der Waals surface area contributed by atoms with E-state index in [1.165, 1.54) is 17.8 Å². The Labute approximate surface area is 225 Å². The number of amides is 1. The highest BCUT2D eigenvalue weighted by molar-refractivity contribution is 14.1. The summed E-state index contributed by atoms with van der Waals surface area (Å²) in [6.45, 7) is 4.26. The Kier molecular flexibility index (Phi) is 8.35. The number of rotatable bonds is 7. The lowest BCUT2D eigenvalue weighted by molar-refractivity contribution is -0.115. The Morgan fingerprint density at radius 3 is 2.74 bits per heavy atom. The van der Waals surface area contributed by atoms with Crippen LogP contribution >= 0.6 is 46.0 Å². The van der Waals surface area contributed by atoms with E-state index in [0.717, 1.165) is 14.7 Å². The topological polar surface area (TPSA) is 59.9 Å². The number of nitrogens with one attached hydrogen (secondary N) is 1. The van der Waals surface area contributed by atoms with Gasteiger partial charge in [0.15, 0.2) is 16.7 Å². The molecule has 1 amide bonds. The van der Waals surface area contributed by atoms with E-state index in [1.807, 2.05) is 32.0 Å². The number of hydrogen-bond donors (Lipinski definition) is 1. The Morgan fingerprint density at radius 2 is 1.97 bits per heavy atom. The summed E-state index contributed by atoms with van der Waals surface area (Å²) in [6.07, 6.45) is 1.78. The maximum atomic E-state index is 14.0. The number of thioether (sulfide) groups is 1. The molecule has 1 fully saturated rings. The highest BCUT2D eigenvalue weighted by atomic mass is 127. The summed E-state index contributed by atoms with van der Waals surface area (Å²) in [5.74, 6) is 0.493. The van der Waals surface area contributed by atoms with E-state index in [-0.39, 0.29) is 18.3 Å². The summed E-state index contributed by atoms with van der Waals surface area (Å²) in [5.41, 5.74) is 2.77. The molecule has 5 nitrogen and oxygen atoms in total. The first-order valence-corrected chi connectivity index (χ1v) is 13.0. The molecule has 0 atom stereocenters. The summed E-state index contributed by atoms with van der Waals surface area (Å²) in [4.78, 5) is 17.6. The Morgan fingerprint density at radius 1 is 1.17 bits per heavy atom. The molecule has 0 aromatic heterocycles.